The minimum absolute atomic E-state index is 0.184. The summed E-state index contributed by atoms with van der Waals surface area (Å²) >= 11 is 1.64. The number of ether oxygens (including phenoxy) is 1. The quantitative estimate of drug-likeness (QED) is 0.825. The number of aliphatic hydroxyl groups excluding tert-OH is 1. The maximum absolute atomic E-state index is 12.0. The van der Waals surface area contributed by atoms with Gasteiger partial charge in [0.25, 0.3) is 5.56 Å². The molecule has 1 aromatic rings. The molecule has 2 N–H and O–H groups in total. The number of hydrogen-bond donors (Lipinski definition) is 2. The van der Waals surface area contributed by atoms with E-state index in [1.165, 1.54) is 10.8 Å². The summed E-state index contributed by atoms with van der Waals surface area (Å²) in [6.45, 7) is 5.66. The molecule has 5 atom stereocenters. The van der Waals surface area contributed by atoms with E-state index in [2.05, 4.69) is 4.98 Å². The molecule has 0 unspecified atom stereocenters. The first kappa shape index (κ1) is 13.9. The summed E-state index contributed by atoms with van der Waals surface area (Å²) in [5, 5.41) is 10.5. The van der Waals surface area contributed by atoms with Crippen molar-refractivity contribution in [2.24, 2.45) is 0 Å². The third kappa shape index (κ3) is 1.66. The lowest BCUT2D eigenvalue weighted by atomic mass is 9.91. The third-order valence-electron chi connectivity index (χ3n) is 4.46. The number of hydrogen-bond acceptors (Lipinski definition) is 5. The Hall–Kier alpha value is -1.05. The van der Waals surface area contributed by atoms with Crippen molar-refractivity contribution in [2.45, 2.75) is 55.6 Å². The highest BCUT2D eigenvalue weighted by atomic mass is 32.2. The Labute approximate surface area is 120 Å². The normalized spacial score (nSPS) is 39.4. The fraction of sp³-hybridized carbons (Fsp3) is 0.692. The molecule has 110 valence electrons. The van der Waals surface area contributed by atoms with E-state index in [9.17, 15) is 14.7 Å². The van der Waals surface area contributed by atoms with Crippen LogP contribution in [0.2, 0.25) is 0 Å². The Morgan fingerprint density at radius 1 is 1.55 bits per heavy atom. The number of thioether (sulfide) groups is 1. The predicted molar refractivity (Wildman–Crippen MR) is 76.1 cm³/mol. The van der Waals surface area contributed by atoms with E-state index < -0.39 is 23.6 Å². The van der Waals surface area contributed by atoms with Crippen LogP contribution >= 0.6 is 11.8 Å². The number of aromatic nitrogens is 2. The van der Waals surface area contributed by atoms with E-state index >= 15 is 0 Å². The number of rotatable bonds is 2. The maximum atomic E-state index is 12.0. The second-order valence-electron chi connectivity index (χ2n) is 5.48. The molecule has 20 heavy (non-hydrogen) atoms. The first-order valence-electron chi connectivity index (χ1n) is 6.74. The molecule has 0 saturated carbocycles. The van der Waals surface area contributed by atoms with Gasteiger partial charge in [-0.3, -0.25) is 14.3 Å². The highest BCUT2D eigenvalue weighted by Crippen LogP contribution is 2.56. The molecule has 0 aromatic carbocycles. The Kier molecular flexibility index (Phi) is 3.11. The zero-order valence-electron chi connectivity index (χ0n) is 11.6. The van der Waals surface area contributed by atoms with Crippen molar-refractivity contribution in [1.82, 2.24) is 9.55 Å². The number of nitrogens with one attached hydrogen (secondary N) is 1. The van der Waals surface area contributed by atoms with Crippen LogP contribution in [0.5, 0.6) is 0 Å². The largest absolute Gasteiger partial charge is 0.389 e. The highest BCUT2D eigenvalue weighted by molar-refractivity contribution is 8.01. The Balaban J connectivity index is 2.05. The van der Waals surface area contributed by atoms with Crippen molar-refractivity contribution in [1.29, 1.82) is 0 Å². The molecule has 6 nitrogen and oxygen atoms in total. The second-order valence-corrected chi connectivity index (χ2v) is 7.01. The van der Waals surface area contributed by atoms with Gasteiger partial charge in [-0.15, -0.1) is 11.8 Å². The molecule has 2 aliphatic rings. The van der Waals surface area contributed by atoms with Gasteiger partial charge in [-0.25, -0.2) is 4.79 Å². The van der Waals surface area contributed by atoms with E-state index in [1.807, 2.05) is 13.8 Å². The summed E-state index contributed by atoms with van der Waals surface area (Å²) in [5.74, 6) is 0. The summed E-state index contributed by atoms with van der Waals surface area (Å²) in [4.78, 5) is 25.7. The van der Waals surface area contributed by atoms with Crippen LogP contribution < -0.4 is 11.2 Å². The Morgan fingerprint density at radius 3 is 2.85 bits per heavy atom. The molecule has 0 amide bonds. The van der Waals surface area contributed by atoms with Crippen LogP contribution in [0.15, 0.2) is 15.8 Å². The van der Waals surface area contributed by atoms with E-state index in [1.54, 1.807) is 18.7 Å². The number of aliphatic hydroxyl groups is 1. The van der Waals surface area contributed by atoms with Gasteiger partial charge >= 0.3 is 5.69 Å². The minimum atomic E-state index is -0.608. The van der Waals surface area contributed by atoms with Crippen LogP contribution in [-0.2, 0) is 4.74 Å². The summed E-state index contributed by atoms with van der Waals surface area (Å²) in [6.07, 6.45) is 1.06. The van der Waals surface area contributed by atoms with Gasteiger partial charge < -0.3 is 9.84 Å². The van der Waals surface area contributed by atoms with E-state index in [-0.39, 0.29) is 16.1 Å². The van der Waals surface area contributed by atoms with E-state index in [0.29, 0.717) is 12.0 Å². The number of fused-ring (bicyclic) bond motifs is 2. The summed E-state index contributed by atoms with van der Waals surface area (Å²) in [6, 6.07) is 0. The molecular formula is C13H18N2O4S. The van der Waals surface area contributed by atoms with Gasteiger partial charge in [0, 0.05) is 17.0 Å². The monoisotopic (exact) mass is 298 g/mol. The average Bonchev–Trinajstić information content (AvgIpc) is 2.81. The smallest absolute Gasteiger partial charge is 0.330 e. The summed E-state index contributed by atoms with van der Waals surface area (Å²) < 4.78 is 7.44. The zero-order chi connectivity index (χ0) is 14.7. The third-order valence-corrected chi connectivity index (χ3v) is 6.07. The van der Waals surface area contributed by atoms with Gasteiger partial charge in [-0.05, 0) is 13.3 Å². The van der Waals surface area contributed by atoms with Crippen LogP contribution in [0.25, 0.3) is 0 Å². The van der Waals surface area contributed by atoms with Gasteiger partial charge in [-0.1, -0.05) is 13.8 Å². The number of aromatic amines is 1. The number of nitrogens with zero attached hydrogens (tertiary/aromatic N) is 1. The Bertz CT molecular complexity index is 655. The van der Waals surface area contributed by atoms with Crippen molar-refractivity contribution in [3.63, 3.8) is 0 Å². The molecule has 3 heterocycles. The van der Waals surface area contributed by atoms with Crippen LogP contribution in [0, 0.1) is 6.92 Å². The van der Waals surface area contributed by atoms with Gasteiger partial charge in [0.15, 0.2) is 6.23 Å². The molecule has 3 rings (SSSR count). The van der Waals surface area contributed by atoms with Gasteiger partial charge in [0.2, 0.25) is 0 Å². The van der Waals surface area contributed by atoms with Crippen LogP contribution in [0.1, 0.15) is 32.1 Å². The van der Waals surface area contributed by atoms with Gasteiger partial charge in [-0.2, -0.15) is 0 Å². The number of aryl methyl sites for hydroxylation is 1. The highest BCUT2D eigenvalue weighted by Gasteiger charge is 2.63. The first-order valence-corrected chi connectivity index (χ1v) is 7.68. The molecule has 2 fully saturated rings. The molecule has 2 aliphatic heterocycles. The van der Waals surface area contributed by atoms with E-state index in [0.717, 1.165) is 0 Å². The lowest BCUT2D eigenvalue weighted by Gasteiger charge is -2.35. The van der Waals surface area contributed by atoms with Crippen LogP contribution in [0.3, 0.4) is 0 Å². The van der Waals surface area contributed by atoms with Crippen molar-refractivity contribution < 1.29 is 9.84 Å². The standard InChI is InChI=1S/C13H18N2O4S/c1-4-13-7(3)20-8(9(13)16)11(19-13)15-5-6(2)10(17)14-12(15)18/h5,7-9,11,16H,4H2,1-3H3,(H,14,17,18)/t7-,8+,9-,11+,13-/m0/s1. The van der Waals surface area contributed by atoms with Crippen molar-refractivity contribution in [3.8, 4) is 0 Å². The zero-order valence-corrected chi connectivity index (χ0v) is 12.4. The number of H-pyrrole nitrogens is 1. The predicted octanol–water partition coefficient (Wildman–Crippen LogP) is 0.387. The van der Waals surface area contributed by atoms with Crippen molar-refractivity contribution in [3.05, 3.63) is 32.6 Å². The minimum Gasteiger partial charge on any atom is -0.389 e. The lowest BCUT2D eigenvalue weighted by Crippen LogP contribution is -2.44. The van der Waals surface area contributed by atoms with Crippen molar-refractivity contribution >= 4 is 11.8 Å². The lowest BCUT2D eigenvalue weighted by molar-refractivity contribution is -0.105. The van der Waals surface area contributed by atoms with Gasteiger partial charge in [0.1, 0.15) is 11.7 Å². The molecule has 1 aromatic heterocycles. The topological polar surface area (TPSA) is 84.3 Å². The fourth-order valence-electron chi connectivity index (χ4n) is 3.19. The SMILES string of the molecule is CC[C@]12O[C@@H](n3cc(C)c(=O)[nH]c3=O)[C@H](S[C@H]1C)[C@@H]2O. The van der Waals surface area contributed by atoms with Crippen LogP contribution in [0.4, 0.5) is 0 Å². The molecule has 0 aliphatic carbocycles. The van der Waals surface area contributed by atoms with Crippen molar-refractivity contribution in [2.75, 3.05) is 0 Å². The second kappa shape index (κ2) is 4.47. The molecule has 0 radical (unpaired) electrons. The Morgan fingerprint density at radius 2 is 2.25 bits per heavy atom. The molecule has 2 saturated heterocycles. The fourth-order valence-corrected chi connectivity index (χ4v) is 4.96. The molecule has 2 bridgehead atoms. The summed E-state index contributed by atoms with van der Waals surface area (Å²) in [7, 11) is 0. The van der Waals surface area contributed by atoms with E-state index in [4.69, 9.17) is 4.74 Å². The molecule has 0 spiro atoms. The summed E-state index contributed by atoms with van der Waals surface area (Å²) in [5.41, 5.74) is -1.04. The van der Waals surface area contributed by atoms with Gasteiger partial charge in [0.05, 0.1) is 5.25 Å². The average molecular weight is 298 g/mol. The molecule has 7 heteroatoms. The van der Waals surface area contributed by atoms with Crippen LogP contribution in [-0.4, -0.2) is 36.9 Å². The maximum Gasteiger partial charge on any atom is 0.330 e. The first-order chi connectivity index (χ1) is 9.40. The molecular weight excluding hydrogens is 280 g/mol.